The van der Waals surface area contributed by atoms with Crippen LogP contribution in [0.15, 0.2) is 18.2 Å². The zero-order valence-electron chi connectivity index (χ0n) is 8.57. The Hall–Kier alpha value is -1.20. The lowest BCUT2D eigenvalue weighted by molar-refractivity contribution is -0.141. The summed E-state index contributed by atoms with van der Waals surface area (Å²) >= 11 is 0. The zero-order valence-corrected chi connectivity index (χ0v) is 9.39. The van der Waals surface area contributed by atoms with Crippen molar-refractivity contribution in [3.63, 3.8) is 0 Å². The molecular formula is C10H12ClF2NO2. The fourth-order valence-corrected chi connectivity index (χ4v) is 1.17. The molecule has 0 saturated heterocycles. The second kappa shape index (κ2) is 6.40. The van der Waals surface area contributed by atoms with Crippen molar-refractivity contribution in [2.45, 2.75) is 12.5 Å². The Balaban J connectivity index is 0.00000225. The molecule has 1 unspecified atom stereocenters. The van der Waals surface area contributed by atoms with Crippen molar-refractivity contribution in [3.8, 4) is 0 Å². The van der Waals surface area contributed by atoms with Crippen LogP contribution in [0.5, 0.6) is 0 Å². The van der Waals surface area contributed by atoms with Crippen LogP contribution >= 0.6 is 12.4 Å². The molecule has 0 heterocycles. The first-order valence-corrected chi connectivity index (χ1v) is 4.32. The molecule has 0 aromatic heterocycles. The van der Waals surface area contributed by atoms with E-state index in [1.807, 2.05) is 0 Å². The number of carbonyl (C=O) groups is 1. The lowest BCUT2D eigenvalue weighted by Crippen LogP contribution is -2.17. The SMILES string of the molecule is COC(=O)CC(N)c1cc(F)ccc1F.Cl. The second-order valence-electron chi connectivity index (χ2n) is 3.05. The highest BCUT2D eigenvalue weighted by Gasteiger charge is 2.16. The molecule has 0 fully saturated rings. The summed E-state index contributed by atoms with van der Waals surface area (Å²) in [6.45, 7) is 0. The summed E-state index contributed by atoms with van der Waals surface area (Å²) in [5, 5.41) is 0. The molecular weight excluding hydrogens is 240 g/mol. The molecule has 3 nitrogen and oxygen atoms in total. The van der Waals surface area contributed by atoms with Gasteiger partial charge in [0.25, 0.3) is 0 Å². The summed E-state index contributed by atoms with van der Waals surface area (Å²) in [6, 6.07) is 2.04. The maximum atomic E-state index is 13.2. The Bertz CT molecular complexity index is 374. The van der Waals surface area contributed by atoms with E-state index in [1.54, 1.807) is 0 Å². The van der Waals surface area contributed by atoms with Crippen LogP contribution in [-0.4, -0.2) is 13.1 Å². The largest absolute Gasteiger partial charge is 0.469 e. The lowest BCUT2D eigenvalue weighted by Gasteiger charge is -2.11. The van der Waals surface area contributed by atoms with Gasteiger partial charge in [0.05, 0.1) is 13.5 Å². The lowest BCUT2D eigenvalue weighted by atomic mass is 10.0. The highest BCUT2D eigenvalue weighted by Crippen LogP contribution is 2.19. The smallest absolute Gasteiger partial charge is 0.307 e. The minimum atomic E-state index is -0.895. The van der Waals surface area contributed by atoms with E-state index < -0.39 is 23.6 Å². The summed E-state index contributed by atoms with van der Waals surface area (Å²) in [5.74, 6) is -1.79. The molecule has 0 aliphatic carbocycles. The van der Waals surface area contributed by atoms with Crippen LogP contribution in [0.4, 0.5) is 8.78 Å². The number of halogens is 3. The van der Waals surface area contributed by atoms with E-state index in [9.17, 15) is 13.6 Å². The van der Waals surface area contributed by atoms with Crippen molar-refractivity contribution in [3.05, 3.63) is 35.4 Å². The van der Waals surface area contributed by atoms with Gasteiger partial charge in [-0.15, -0.1) is 12.4 Å². The van der Waals surface area contributed by atoms with E-state index in [0.29, 0.717) is 0 Å². The van der Waals surface area contributed by atoms with Crippen molar-refractivity contribution in [1.29, 1.82) is 0 Å². The average Bonchev–Trinajstić information content (AvgIpc) is 2.21. The van der Waals surface area contributed by atoms with E-state index in [2.05, 4.69) is 4.74 Å². The zero-order chi connectivity index (χ0) is 11.4. The van der Waals surface area contributed by atoms with E-state index >= 15 is 0 Å². The number of benzene rings is 1. The first-order chi connectivity index (χ1) is 7.04. The first-order valence-electron chi connectivity index (χ1n) is 4.32. The Labute approximate surface area is 98.0 Å². The number of methoxy groups -OCH3 is 1. The monoisotopic (exact) mass is 251 g/mol. The maximum Gasteiger partial charge on any atom is 0.307 e. The van der Waals surface area contributed by atoms with Crippen LogP contribution in [0.2, 0.25) is 0 Å². The van der Waals surface area contributed by atoms with Gasteiger partial charge in [0, 0.05) is 11.6 Å². The number of esters is 1. The van der Waals surface area contributed by atoms with Gasteiger partial charge in [-0.1, -0.05) is 0 Å². The van der Waals surface area contributed by atoms with Gasteiger partial charge < -0.3 is 10.5 Å². The molecule has 0 spiro atoms. The first kappa shape index (κ1) is 14.8. The minimum absolute atomic E-state index is 0. The maximum absolute atomic E-state index is 13.2. The molecule has 1 atom stereocenters. The van der Waals surface area contributed by atoms with Crippen LogP contribution in [0, 0.1) is 11.6 Å². The number of hydrogen-bond donors (Lipinski definition) is 1. The van der Waals surface area contributed by atoms with Gasteiger partial charge in [-0.25, -0.2) is 8.78 Å². The molecule has 1 rings (SSSR count). The Kier molecular flexibility index (Phi) is 5.92. The van der Waals surface area contributed by atoms with Crippen LogP contribution < -0.4 is 5.73 Å². The van der Waals surface area contributed by atoms with Gasteiger partial charge in [0.2, 0.25) is 0 Å². The van der Waals surface area contributed by atoms with E-state index in [-0.39, 0.29) is 24.4 Å². The number of hydrogen-bond acceptors (Lipinski definition) is 3. The molecule has 1 aromatic carbocycles. The Morgan fingerprint density at radius 1 is 1.50 bits per heavy atom. The molecule has 0 aliphatic heterocycles. The summed E-state index contributed by atoms with van der Waals surface area (Å²) in [4.78, 5) is 10.9. The van der Waals surface area contributed by atoms with Gasteiger partial charge >= 0.3 is 5.97 Å². The van der Waals surface area contributed by atoms with E-state index in [1.165, 1.54) is 7.11 Å². The molecule has 90 valence electrons. The predicted molar refractivity (Wildman–Crippen MR) is 57.2 cm³/mol. The summed E-state index contributed by atoms with van der Waals surface area (Å²) in [5.41, 5.74) is 5.51. The molecule has 2 N–H and O–H groups in total. The molecule has 0 bridgehead atoms. The number of carbonyl (C=O) groups excluding carboxylic acids is 1. The molecule has 0 saturated carbocycles. The molecule has 1 aromatic rings. The van der Waals surface area contributed by atoms with Gasteiger partial charge in [-0.2, -0.15) is 0 Å². The molecule has 16 heavy (non-hydrogen) atoms. The normalized spacial score (nSPS) is 11.5. The van der Waals surface area contributed by atoms with Gasteiger partial charge in [0.15, 0.2) is 0 Å². The van der Waals surface area contributed by atoms with E-state index in [4.69, 9.17) is 5.73 Å². The highest BCUT2D eigenvalue weighted by atomic mass is 35.5. The van der Waals surface area contributed by atoms with Gasteiger partial charge in [-0.3, -0.25) is 4.79 Å². The van der Waals surface area contributed by atoms with Crippen LogP contribution in [0.25, 0.3) is 0 Å². The van der Waals surface area contributed by atoms with Gasteiger partial charge in [-0.05, 0) is 18.2 Å². The predicted octanol–water partition coefficient (Wildman–Crippen LogP) is 1.95. The molecule has 0 aliphatic rings. The molecule has 6 heteroatoms. The minimum Gasteiger partial charge on any atom is -0.469 e. The topological polar surface area (TPSA) is 52.3 Å². The van der Waals surface area contributed by atoms with Crippen molar-refractivity contribution in [2.24, 2.45) is 5.73 Å². The third kappa shape index (κ3) is 3.75. The van der Waals surface area contributed by atoms with Crippen LogP contribution in [-0.2, 0) is 9.53 Å². The summed E-state index contributed by atoms with van der Waals surface area (Å²) < 4.78 is 30.3. The number of nitrogens with two attached hydrogens (primary N) is 1. The summed E-state index contributed by atoms with van der Waals surface area (Å²) in [7, 11) is 1.21. The quantitative estimate of drug-likeness (QED) is 0.836. The summed E-state index contributed by atoms with van der Waals surface area (Å²) in [6.07, 6.45) is -0.184. The third-order valence-electron chi connectivity index (χ3n) is 1.97. The van der Waals surface area contributed by atoms with E-state index in [0.717, 1.165) is 18.2 Å². The number of rotatable bonds is 3. The van der Waals surface area contributed by atoms with Crippen molar-refractivity contribution in [2.75, 3.05) is 7.11 Å². The van der Waals surface area contributed by atoms with Gasteiger partial charge in [0.1, 0.15) is 11.6 Å². The average molecular weight is 252 g/mol. The van der Waals surface area contributed by atoms with Crippen LogP contribution in [0.1, 0.15) is 18.0 Å². The fourth-order valence-electron chi connectivity index (χ4n) is 1.17. The Morgan fingerprint density at radius 3 is 2.69 bits per heavy atom. The number of ether oxygens (including phenoxy) is 1. The van der Waals surface area contributed by atoms with Crippen LogP contribution in [0.3, 0.4) is 0 Å². The highest BCUT2D eigenvalue weighted by molar-refractivity contribution is 5.85. The molecule has 0 amide bonds. The second-order valence-corrected chi connectivity index (χ2v) is 3.05. The molecule has 0 radical (unpaired) electrons. The van der Waals surface area contributed by atoms with Crippen molar-refractivity contribution < 1.29 is 18.3 Å². The Morgan fingerprint density at radius 2 is 2.12 bits per heavy atom. The third-order valence-corrected chi connectivity index (χ3v) is 1.97. The standard InChI is InChI=1S/C10H11F2NO2.ClH/c1-15-10(14)5-9(13)7-4-6(11)2-3-8(7)12;/h2-4,9H,5,13H2,1H3;1H. The fraction of sp³-hybridized carbons (Fsp3) is 0.300. The van der Waals surface area contributed by atoms with Crippen molar-refractivity contribution >= 4 is 18.4 Å². The van der Waals surface area contributed by atoms with Crippen molar-refractivity contribution in [1.82, 2.24) is 0 Å².